The van der Waals surface area contributed by atoms with Gasteiger partial charge < -0.3 is 5.32 Å². The van der Waals surface area contributed by atoms with E-state index in [0.29, 0.717) is 6.04 Å². The molecule has 1 heterocycles. The van der Waals surface area contributed by atoms with Gasteiger partial charge in [0.15, 0.2) is 0 Å². The number of nitrogens with zero attached hydrogens (tertiary/aromatic N) is 1. The van der Waals surface area contributed by atoms with Gasteiger partial charge in [0.1, 0.15) is 0 Å². The van der Waals surface area contributed by atoms with Crippen molar-refractivity contribution in [3.8, 4) is 0 Å². The number of aromatic nitrogens is 1. The van der Waals surface area contributed by atoms with Gasteiger partial charge in [0, 0.05) is 30.4 Å². The number of hydrogen-bond donors (Lipinski definition) is 1. The number of nitrogens with one attached hydrogen (secondary N) is 1. The predicted octanol–water partition coefficient (Wildman–Crippen LogP) is 3.51. The molecule has 1 saturated carbocycles. The van der Waals surface area contributed by atoms with Gasteiger partial charge in [-0.25, -0.2) is 0 Å². The molecule has 0 spiro atoms. The van der Waals surface area contributed by atoms with Crippen molar-refractivity contribution in [2.75, 3.05) is 0 Å². The maximum absolute atomic E-state index is 4.14. The van der Waals surface area contributed by atoms with Crippen molar-refractivity contribution < 1.29 is 0 Å². The number of rotatable bonds is 4. The highest BCUT2D eigenvalue weighted by atomic mass is 14.9. The van der Waals surface area contributed by atoms with Gasteiger partial charge in [-0.2, -0.15) is 0 Å². The minimum absolute atomic E-state index is 0.645. The summed E-state index contributed by atoms with van der Waals surface area (Å²) in [6, 6.07) is 9.34. The van der Waals surface area contributed by atoms with Gasteiger partial charge in [-0.1, -0.05) is 18.6 Å². The van der Waals surface area contributed by atoms with Gasteiger partial charge in [0.25, 0.3) is 0 Å². The molecule has 0 bridgehead atoms. The zero-order chi connectivity index (χ0) is 12.4. The van der Waals surface area contributed by atoms with E-state index in [4.69, 9.17) is 0 Å². The van der Waals surface area contributed by atoms with Crippen molar-refractivity contribution in [3.05, 3.63) is 42.2 Å². The fraction of sp³-hybridized carbons (Fsp3) is 0.438. The van der Waals surface area contributed by atoms with Gasteiger partial charge in [0.2, 0.25) is 0 Å². The highest BCUT2D eigenvalue weighted by Gasteiger charge is 2.23. The third-order valence-electron chi connectivity index (χ3n) is 4.19. The zero-order valence-corrected chi connectivity index (χ0v) is 10.9. The van der Waals surface area contributed by atoms with Crippen LogP contribution in [0.5, 0.6) is 0 Å². The first kappa shape index (κ1) is 11.7. The molecule has 18 heavy (non-hydrogen) atoms. The van der Waals surface area contributed by atoms with Crippen LogP contribution in [-0.2, 0) is 6.54 Å². The van der Waals surface area contributed by atoms with E-state index in [1.807, 2.05) is 12.4 Å². The highest BCUT2D eigenvalue weighted by molar-refractivity contribution is 5.81. The van der Waals surface area contributed by atoms with E-state index in [1.165, 1.54) is 35.6 Å². The standard InChI is InChI=1S/C16H20N2/c1-12(14-3-2-4-14)18-10-13-5-6-16-11-17-8-7-15(16)9-13/h5-9,11-12,14,18H,2-4,10H2,1H3. The highest BCUT2D eigenvalue weighted by Crippen LogP contribution is 2.29. The molecule has 1 unspecified atom stereocenters. The number of fused-ring (bicyclic) bond motifs is 1. The summed E-state index contributed by atoms with van der Waals surface area (Å²) in [5.74, 6) is 0.898. The first-order valence-electron chi connectivity index (χ1n) is 6.89. The third-order valence-corrected chi connectivity index (χ3v) is 4.19. The molecule has 1 N–H and O–H groups in total. The molecule has 1 aliphatic rings. The van der Waals surface area contributed by atoms with Crippen LogP contribution >= 0.6 is 0 Å². The van der Waals surface area contributed by atoms with Gasteiger partial charge in [0.05, 0.1) is 0 Å². The van der Waals surface area contributed by atoms with Crippen molar-refractivity contribution in [1.29, 1.82) is 0 Å². The molecule has 1 aromatic heterocycles. The van der Waals surface area contributed by atoms with Gasteiger partial charge >= 0.3 is 0 Å². The van der Waals surface area contributed by atoms with Crippen LogP contribution in [0.25, 0.3) is 10.8 Å². The van der Waals surface area contributed by atoms with Crippen LogP contribution in [0.15, 0.2) is 36.7 Å². The second-order valence-corrected chi connectivity index (χ2v) is 5.42. The minimum atomic E-state index is 0.645. The van der Waals surface area contributed by atoms with Crippen LogP contribution in [0.3, 0.4) is 0 Å². The monoisotopic (exact) mass is 240 g/mol. The lowest BCUT2D eigenvalue weighted by Gasteiger charge is -2.32. The Morgan fingerprint density at radius 1 is 1.28 bits per heavy atom. The van der Waals surface area contributed by atoms with Crippen molar-refractivity contribution in [2.24, 2.45) is 5.92 Å². The molecule has 2 nitrogen and oxygen atoms in total. The Hall–Kier alpha value is -1.41. The van der Waals surface area contributed by atoms with Crippen LogP contribution in [0.4, 0.5) is 0 Å². The Balaban J connectivity index is 1.66. The fourth-order valence-corrected chi connectivity index (χ4v) is 2.63. The molecule has 1 atom stereocenters. The lowest BCUT2D eigenvalue weighted by Crippen LogP contribution is -2.36. The maximum Gasteiger partial charge on any atom is 0.0346 e. The first-order valence-corrected chi connectivity index (χ1v) is 6.89. The van der Waals surface area contributed by atoms with Crippen LogP contribution in [0, 0.1) is 5.92 Å². The average Bonchev–Trinajstić information content (AvgIpc) is 2.34. The summed E-state index contributed by atoms with van der Waals surface area (Å²) >= 11 is 0. The third kappa shape index (κ3) is 2.39. The summed E-state index contributed by atoms with van der Waals surface area (Å²) in [6.07, 6.45) is 7.99. The quantitative estimate of drug-likeness (QED) is 0.884. The molecule has 0 aliphatic heterocycles. The van der Waals surface area contributed by atoms with E-state index in [2.05, 4.69) is 41.5 Å². The molecular weight excluding hydrogens is 220 g/mol. The average molecular weight is 240 g/mol. The summed E-state index contributed by atoms with van der Waals surface area (Å²) < 4.78 is 0. The molecule has 2 aromatic rings. The van der Waals surface area contributed by atoms with Crippen molar-refractivity contribution >= 4 is 10.8 Å². The fourth-order valence-electron chi connectivity index (χ4n) is 2.63. The summed E-state index contributed by atoms with van der Waals surface area (Å²) in [6.45, 7) is 3.28. The van der Waals surface area contributed by atoms with E-state index in [9.17, 15) is 0 Å². The molecule has 0 saturated heterocycles. The SMILES string of the molecule is CC(NCc1ccc2cnccc2c1)C1CCC1. The lowest BCUT2D eigenvalue weighted by atomic mass is 9.80. The Labute approximate surface area is 108 Å². The number of benzene rings is 1. The Morgan fingerprint density at radius 2 is 2.17 bits per heavy atom. The number of hydrogen-bond acceptors (Lipinski definition) is 2. The molecule has 0 amide bonds. The predicted molar refractivity (Wildman–Crippen MR) is 75.4 cm³/mol. The topological polar surface area (TPSA) is 24.9 Å². The summed E-state index contributed by atoms with van der Waals surface area (Å²) in [7, 11) is 0. The van der Waals surface area contributed by atoms with Crippen molar-refractivity contribution in [3.63, 3.8) is 0 Å². The summed E-state index contributed by atoms with van der Waals surface area (Å²) in [5.41, 5.74) is 1.36. The molecule has 1 aliphatic carbocycles. The number of pyridine rings is 1. The second kappa shape index (κ2) is 5.07. The molecule has 0 radical (unpaired) electrons. The van der Waals surface area contributed by atoms with Crippen molar-refractivity contribution in [1.82, 2.24) is 10.3 Å². The minimum Gasteiger partial charge on any atom is -0.310 e. The van der Waals surface area contributed by atoms with Crippen molar-refractivity contribution in [2.45, 2.75) is 38.8 Å². The molecule has 94 valence electrons. The van der Waals surface area contributed by atoms with E-state index in [-0.39, 0.29) is 0 Å². The van der Waals surface area contributed by atoms with Crippen LogP contribution in [-0.4, -0.2) is 11.0 Å². The molecule has 3 rings (SSSR count). The Morgan fingerprint density at radius 3 is 2.94 bits per heavy atom. The first-order chi connectivity index (χ1) is 8.83. The lowest BCUT2D eigenvalue weighted by molar-refractivity contribution is 0.240. The summed E-state index contributed by atoms with van der Waals surface area (Å²) in [4.78, 5) is 4.14. The normalized spacial score (nSPS) is 17.6. The van der Waals surface area contributed by atoms with Gasteiger partial charge in [-0.3, -0.25) is 4.98 Å². The maximum atomic E-state index is 4.14. The van der Waals surface area contributed by atoms with E-state index >= 15 is 0 Å². The zero-order valence-electron chi connectivity index (χ0n) is 10.9. The van der Waals surface area contributed by atoms with E-state index < -0.39 is 0 Å². The molecule has 1 aromatic carbocycles. The Kier molecular flexibility index (Phi) is 3.28. The van der Waals surface area contributed by atoms with Gasteiger partial charge in [-0.05, 0) is 48.8 Å². The largest absolute Gasteiger partial charge is 0.310 e. The second-order valence-electron chi connectivity index (χ2n) is 5.42. The van der Waals surface area contributed by atoms with Crippen LogP contribution in [0.1, 0.15) is 31.7 Å². The smallest absolute Gasteiger partial charge is 0.0346 e. The van der Waals surface area contributed by atoms with Crippen LogP contribution < -0.4 is 5.32 Å². The summed E-state index contributed by atoms with van der Waals surface area (Å²) in [5, 5.41) is 6.14. The molecular formula is C16H20N2. The molecule has 1 fully saturated rings. The Bertz CT molecular complexity index is 531. The van der Waals surface area contributed by atoms with E-state index in [0.717, 1.165) is 12.5 Å². The van der Waals surface area contributed by atoms with E-state index in [1.54, 1.807) is 0 Å². The van der Waals surface area contributed by atoms with Crippen LogP contribution in [0.2, 0.25) is 0 Å². The molecule has 2 heteroatoms. The van der Waals surface area contributed by atoms with Gasteiger partial charge in [-0.15, -0.1) is 0 Å².